The van der Waals surface area contributed by atoms with Crippen LogP contribution in [0.3, 0.4) is 0 Å². The second-order valence-corrected chi connectivity index (χ2v) is 9.24. The number of anilines is 1. The van der Waals surface area contributed by atoms with Crippen molar-refractivity contribution in [2.45, 2.75) is 23.8 Å². The fourth-order valence-electron chi connectivity index (χ4n) is 4.69. The molecule has 2 aliphatic heterocycles. The minimum absolute atomic E-state index is 0.142. The van der Waals surface area contributed by atoms with E-state index < -0.39 is 34.5 Å². The number of hydrogen-bond acceptors (Lipinski definition) is 3. The van der Waals surface area contributed by atoms with Crippen LogP contribution in [0.5, 0.6) is 0 Å². The van der Waals surface area contributed by atoms with E-state index in [4.69, 9.17) is 39.2 Å². The maximum atomic E-state index is 14.3. The lowest BCUT2D eigenvalue weighted by atomic mass is 9.63. The number of carbonyl (C=O) groups excluding carboxylic acids is 2. The van der Waals surface area contributed by atoms with Gasteiger partial charge in [-0.15, -0.1) is 11.6 Å². The van der Waals surface area contributed by atoms with Crippen LogP contribution in [0.2, 0.25) is 10.2 Å². The van der Waals surface area contributed by atoms with E-state index >= 15 is 0 Å². The molecular weight excluding hydrogens is 490 g/mol. The summed E-state index contributed by atoms with van der Waals surface area (Å²) in [6.45, 7) is 1.78. The van der Waals surface area contributed by atoms with Gasteiger partial charge in [-0.2, -0.15) is 0 Å². The lowest BCUT2D eigenvalue weighted by Gasteiger charge is -2.44. The molecule has 0 aliphatic carbocycles. The summed E-state index contributed by atoms with van der Waals surface area (Å²) in [4.78, 5) is 26.8. The molecule has 5 nitrogen and oxygen atoms in total. The number of carbonyl (C=O) groups is 2. The molecule has 2 amide bonds. The number of nitrogens with one attached hydrogen (secondary N) is 2. The van der Waals surface area contributed by atoms with Gasteiger partial charge in [-0.1, -0.05) is 23.7 Å². The largest absolute Gasteiger partial charge is 0.445 e. The maximum absolute atomic E-state index is 14.3. The van der Waals surface area contributed by atoms with Gasteiger partial charge in [0.05, 0.1) is 6.04 Å². The Morgan fingerprint density at radius 2 is 1.88 bits per heavy atom. The molecular formula is C24H16Cl3FN2O3. The van der Waals surface area contributed by atoms with Crippen molar-refractivity contribution < 1.29 is 18.4 Å². The van der Waals surface area contributed by atoms with E-state index in [9.17, 15) is 14.0 Å². The molecule has 0 radical (unpaired) electrons. The van der Waals surface area contributed by atoms with Crippen molar-refractivity contribution in [1.82, 2.24) is 5.32 Å². The zero-order valence-corrected chi connectivity index (χ0v) is 19.4. The van der Waals surface area contributed by atoms with E-state index in [0.29, 0.717) is 33.2 Å². The normalized spacial score (nSPS) is 25.3. The molecule has 1 aromatic heterocycles. The third kappa shape index (κ3) is 3.36. The lowest BCUT2D eigenvalue weighted by molar-refractivity contribution is -0.126. The summed E-state index contributed by atoms with van der Waals surface area (Å²) in [7, 11) is 0. The molecule has 168 valence electrons. The van der Waals surface area contributed by atoms with Crippen LogP contribution >= 0.6 is 34.8 Å². The highest BCUT2D eigenvalue weighted by Gasteiger charge is 2.61. The number of aryl methyl sites for hydroxylation is 1. The Morgan fingerprint density at radius 1 is 1.09 bits per heavy atom. The predicted octanol–water partition coefficient (Wildman–Crippen LogP) is 5.79. The van der Waals surface area contributed by atoms with Gasteiger partial charge >= 0.3 is 0 Å². The van der Waals surface area contributed by atoms with Gasteiger partial charge in [-0.05, 0) is 83.3 Å². The van der Waals surface area contributed by atoms with E-state index in [1.165, 1.54) is 12.1 Å². The molecule has 0 saturated carbocycles. The average Bonchev–Trinajstić information content (AvgIpc) is 3.30. The Morgan fingerprint density at radius 3 is 2.61 bits per heavy atom. The first kappa shape index (κ1) is 22.0. The first-order valence-corrected chi connectivity index (χ1v) is 11.2. The zero-order valence-electron chi connectivity index (χ0n) is 17.1. The van der Waals surface area contributed by atoms with Crippen molar-refractivity contribution in [3.8, 4) is 0 Å². The van der Waals surface area contributed by atoms with Crippen LogP contribution in [-0.4, -0.2) is 17.2 Å². The zero-order chi connectivity index (χ0) is 23.5. The highest BCUT2D eigenvalue weighted by molar-refractivity contribution is 6.35. The van der Waals surface area contributed by atoms with Crippen LogP contribution in [0.15, 0.2) is 58.5 Å². The first-order valence-electron chi connectivity index (χ1n) is 10.0. The number of benzene rings is 2. The topological polar surface area (TPSA) is 71.3 Å². The molecule has 3 heterocycles. The fourth-order valence-corrected chi connectivity index (χ4v) is 5.31. The minimum Gasteiger partial charge on any atom is -0.445 e. The van der Waals surface area contributed by atoms with Gasteiger partial charge in [-0.25, -0.2) is 4.39 Å². The third-order valence-corrected chi connectivity index (χ3v) is 7.01. The van der Waals surface area contributed by atoms with Crippen molar-refractivity contribution in [3.63, 3.8) is 0 Å². The van der Waals surface area contributed by atoms with E-state index in [0.717, 1.165) is 0 Å². The van der Waals surface area contributed by atoms with Gasteiger partial charge in [-0.3, -0.25) is 9.59 Å². The van der Waals surface area contributed by atoms with Gasteiger partial charge in [0.2, 0.25) is 11.8 Å². The third-order valence-electron chi connectivity index (χ3n) is 6.14. The van der Waals surface area contributed by atoms with E-state index in [1.807, 2.05) is 0 Å². The van der Waals surface area contributed by atoms with Gasteiger partial charge in [0, 0.05) is 10.7 Å². The van der Waals surface area contributed by atoms with Crippen LogP contribution in [-0.2, 0) is 15.0 Å². The highest BCUT2D eigenvalue weighted by Crippen LogP contribution is 2.55. The molecule has 2 aliphatic rings. The molecule has 1 spiro atoms. The Balaban J connectivity index is 1.86. The van der Waals surface area contributed by atoms with Gasteiger partial charge < -0.3 is 15.1 Å². The molecule has 1 fully saturated rings. The quantitative estimate of drug-likeness (QED) is 0.433. The summed E-state index contributed by atoms with van der Waals surface area (Å²) in [6.07, 6.45) is 1.55. The molecule has 33 heavy (non-hydrogen) atoms. The predicted molar refractivity (Wildman–Crippen MR) is 125 cm³/mol. The molecule has 1 saturated heterocycles. The lowest BCUT2D eigenvalue weighted by Crippen LogP contribution is -2.58. The standard InChI is InChI=1S/C24H16Cl3FN2O3/c1-11-2-4-13(28)9-15(11)21-24(16-6-3-12(25)8-18(16)29-23(24)32)17(20(27)22(31)30-21)10-14-5-7-19(26)33-14/h2-10,20-21H,1H3,(H,29,32)(H,30,31)/t20-,21+,24+/m0/s1. The smallest absolute Gasteiger partial charge is 0.242 e. The number of piperidine rings is 1. The fraction of sp³-hybridized carbons (Fsp3) is 0.167. The van der Waals surface area contributed by atoms with Crippen molar-refractivity contribution in [2.75, 3.05) is 5.32 Å². The Bertz CT molecular complexity index is 1350. The number of furan rings is 1. The Kier molecular flexibility index (Phi) is 5.27. The van der Waals surface area contributed by atoms with Crippen molar-refractivity contribution in [1.29, 1.82) is 0 Å². The van der Waals surface area contributed by atoms with Gasteiger partial charge in [0.25, 0.3) is 0 Å². The number of halogens is 4. The second-order valence-electron chi connectivity index (χ2n) is 8.00. The highest BCUT2D eigenvalue weighted by atomic mass is 35.5. The summed E-state index contributed by atoms with van der Waals surface area (Å²) in [5.74, 6) is -1.12. The molecule has 5 rings (SSSR count). The summed E-state index contributed by atoms with van der Waals surface area (Å²) in [5, 5.41) is 5.09. The maximum Gasteiger partial charge on any atom is 0.242 e. The number of hydrogen-bond donors (Lipinski definition) is 2. The van der Waals surface area contributed by atoms with Crippen LogP contribution < -0.4 is 10.6 Å². The van der Waals surface area contributed by atoms with Crippen LogP contribution in [0.4, 0.5) is 10.1 Å². The molecule has 3 atom stereocenters. The van der Waals surface area contributed by atoms with Crippen LogP contribution in [0.25, 0.3) is 6.08 Å². The van der Waals surface area contributed by atoms with Gasteiger partial charge in [0.15, 0.2) is 5.22 Å². The average molecular weight is 506 g/mol. The van der Waals surface area contributed by atoms with E-state index in [1.54, 1.807) is 49.4 Å². The van der Waals surface area contributed by atoms with E-state index in [-0.39, 0.29) is 10.8 Å². The Hall–Kier alpha value is -2.80. The number of fused-ring (bicyclic) bond motifs is 2. The molecule has 3 aromatic rings. The first-order chi connectivity index (χ1) is 15.7. The van der Waals surface area contributed by atoms with Crippen LogP contribution in [0, 0.1) is 12.7 Å². The summed E-state index contributed by atoms with van der Waals surface area (Å²) in [5.41, 5.74) is 0.983. The minimum atomic E-state index is -1.49. The monoisotopic (exact) mass is 504 g/mol. The molecule has 0 bridgehead atoms. The molecule has 2 aromatic carbocycles. The van der Waals surface area contributed by atoms with Crippen molar-refractivity contribution >= 4 is 58.4 Å². The van der Waals surface area contributed by atoms with E-state index in [2.05, 4.69) is 10.6 Å². The van der Waals surface area contributed by atoms with Crippen molar-refractivity contribution in [2.24, 2.45) is 0 Å². The van der Waals surface area contributed by atoms with Crippen LogP contribution in [0.1, 0.15) is 28.5 Å². The molecule has 0 unspecified atom stereocenters. The Labute approximate surface area is 203 Å². The summed E-state index contributed by atoms with van der Waals surface area (Å²) in [6, 6.07) is 11.4. The van der Waals surface area contributed by atoms with Crippen molar-refractivity contribution in [3.05, 3.63) is 92.6 Å². The number of rotatable bonds is 2. The number of amides is 2. The SMILES string of the molecule is Cc1ccc(F)cc1[C@H]1NC(=O)[C@@H](Cl)C(=Cc2ccc(Cl)o2)[C@@]12C(=O)Nc1cc(Cl)ccc12. The second kappa shape index (κ2) is 7.90. The molecule has 9 heteroatoms. The summed E-state index contributed by atoms with van der Waals surface area (Å²) < 4.78 is 19.8. The summed E-state index contributed by atoms with van der Waals surface area (Å²) >= 11 is 18.7. The van der Waals surface area contributed by atoms with Gasteiger partial charge in [0.1, 0.15) is 22.4 Å². The molecule has 2 N–H and O–H groups in total. The number of alkyl halides is 1.